The molecule has 0 saturated heterocycles. The largest absolute Gasteiger partial charge is 0.408 e. The van der Waals surface area contributed by atoms with Gasteiger partial charge in [-0.3, -0.25) is 10.1 Å². The van der Waals surface area contributed by atoms with Gasteiger partial charge in [-0.2, -0.15) is 4.68 Å². The van der Waals surface area contributed by atoms with E-state index in [1.807, 2.05) is 0 Å². The van der Waals surface area contributed by atoms with Gasteiger partial charge < -0.3 is 15.4 Å². The lowest BCUT2D eigenvalue weighted by atomic mass is 10.1. The number of non-ortho nitro benzene ring substituents is 1. The lowest BCUT2D eigenvalue weighted by molar-refractivity contribution is -0.389. The second-order valence-electron chi connectivity index (χ2n) is 4.10. The Labute approximate surface area is 123 Å². The zero-order valence-electron chi connectivity index (χ0n) is 10.8. The Morgan fingerprint density at radius 2 is 2.05 bits per heavy atom. The highest BCUT2D eigenvalue weighted by Gasteiger charge is 2.20. The fourth-order valence-electron chi connectivity index (χ4n) is 1.83. The highest BCUT2D eigenvalue weighted by Crippen LogP contribution is 2.25. The molecular formula is C11H10ClN5O4. The molecule has 0 saturated carbocycles. The second-order valence-corrected chi connectivity index (χ2v) is 4.51. The van der Waals surface area contributed by atoms with Crippen LogP contribution in [0.5, 0.6) is 0 Å². The van der Waals surface area contributed by atoms with E-state index in [1.54, 1.807) is 13.1 Å². The van der Waals surface area contributed by atoms with Gasteiger partial charge in [0.1, 0.15) is 0 Å². The number of hydrogen-bond donors (Lipinski definition) is 1. The van der Waals surface area contributed by atoms with Crippen molar-refractivity contribution >= 4 is 28.8 Å². The summed E-state index contributed by atoms with van der Waals surface area (Å²) in [5.74, 6) is -0.451. The molecule has 0 atom stereocenters. The Hall–Kier alpha value is -2.68. The molecule has 0 radical (unpaired) electrons. The molecule has 1 N–H and O–H groups in total. The molecule has 0 aliphatic carbocycles. The smallest absolute Gasteiger partial charge is 0.388 e. The highest BCUT2D eigenvalue weighted by molar-refractivity contribution is 6.32. The maximum absolute atomic E-state index is 10.8. The first-order valence-corrected chi connectivity index (χ1v) is 6.12. The van der Waals surface area contributed by atoms with E-state index in [9.17, 15) is 20.2 Å². The molecule has 0 amide bonds. The third kappa shape index (κ3) is 3.08. The van der Waals surface area contributed by atoms with Crippen LogP contribution in [0.4, 0.5) is 17.2 Å². The standard InChI is InChI=1S/C11H10ClN5O4/c1-13-10-3-2-8(16(18)19)4-7(10)5-15-6-9(12)11(14-15)17(20)21/h2-4,6,13H,5H2,1H3. The molecule has 0 aliphatic rings. The van der Waals surface area contributed by atoms with Gasteiger partial charge in [-0.05, 0) is 11.0 Å². The molecular weight excluding hydrogens is 302 g/mol. The fraction of sp³-hybridized carbons (Fsp3) is 0.182. The number of hydrogen-bond acceptors (Lipinski definition) is 6. The average Bonchev–Trinajstić information content (AvgIpc) is 2.79. The molecule has 9 nitrogen and oxygen atoms in total. The van der Waals surface area contributed by atoms with Gasteiger partial charge in [0.15, 0.2) is 5.02 Å². The summed E-state index contributed by atoms with van der Waals surface area (Å²) in [4.78, 5) is 20.3. The highest BCUT2D eigenvalue weighted by atomic mass is 35.5. The van der Waals surface area contributed by atoms with E-state index in [1.165, 1.54) is 23.0 Å². The van der Waals surface area contributed by atoms with Crippen LogP contribution in [-0.2, 0) is 6.54 Å². The molecule has 1 heterocycles. The lowest BCUT2D eigenvalue weighted by Crippen LogP contribution is -2.05. The number of benzene rings is 1. The molecule has 2 aromatic rings. The Morgan fingerprint density at radius 1 is 1.33 bits per heavy atom. The van der Waals surface area contributed by atoms with E-state index in [2.05, 4.69) is 10.4 Å². The third-order valence-electron chi connectivity index (χ3n) is 2.77. The van der Waals surface area contributed by atoms with Crippen LogP contribution in [0.1, 0.15) is 5.56 Å². The van der Waals surface area contributed by atoms with Gasteiger partial charge in [-0.25, -0.2) is 0 Å². The van der Waals surface area contributed by atoms with Crippen LogP contribution in [0.25, 0.3) is 0 Å². The summed E-state index contributed by atoms with van der Waals surface area (Å²) in [5.41, 5.74) is 1.16. The number of nitro benzene ring substituents is 1. The maximum atomic E-state index is 10.8. The summed E-state index contributed by atoms with van der Waals surface area (Å²) in [6.45, 7) is 0.116. The van der Waals surface area contributed by atoms with E-state index in [0.29, 0.717) is 11.3 Å². The number of rotatable bonds is 5. The number of nitrogens with one attached hydrogen (secondary N) is 1. The van der Waals surface area contributed by atoms with Crippen LogP contribution in [0, 0.1) is 20.2 Å². The minimum Gasteiger partial charge on any atom is -0.388 e. The van der Waals surface area contributed by atoms with Gasteiger partial charge in [-0.15, -0.1) is 0 Å². The number of anilines is 1. The average molecular weight is 312 g/mol. The molecule has 1 aromatic carbocycles. The topological polar surface area (TPSA) is 116 Å². The predicted octanol–water partition coefficient (Wildman–Crippen LogP) is 2.44. The molecule has 0 fully saturated rings. The van der Waals surface area contributed by atoms with Crippen molar-refractivity contribution in [3.63, 3.8) is 0 Å². The van der Waals surface area contributed by atoms with Gasteiger partial charge in [0, 0.05) is 30.4 Å². The van der Waals surface area contributed by atoms with Crippen molar-refractivity contribution in [3.05, 3.63) is 55.2 Å². The Morgan fingerprint density at radius 3 is 2.57 bits per heavy atom. The summed E-state index contributed by atoms with van der Waals surface area (Å²) in [6.07, 6.45) is 1.30. The normalized spacial score (nSPS) is 10.4. The van der Waals surface area contributed by atoms with Crippen molar-refractivity contribution < 1.29 is 9.85 Å². The van der Waals surface area contributed by atoms with Crippen molar-refractivity contribution in [2.45, 2.75) is 6.54 Å². The molecule has 1 aromatic heterocycles. The number of nitrogens with zero attached hydrogens (tertiary/aromatic N) is 4. The summed E-state index contributed by atoms with van der Waals surface area (Å²) < 4.78 is 1.26. The van der Waals surface area contributed by atoms with Crippen molar-refractivity contribution in [1.29, 1.82) is 0 Å². The minimum atomic E-state index is -0.689. The Balaban J connectivity index is 2.38. The molecule has 0 unspecified atom stereocenters. The summed E-state index contributed by atoms with van der Waals surface area (Å²) in [7, 11) is 1.67. The van der Waals surface area contributed by atoms with Gasteiger partial charge in [-0.1, -0.05) is 11.6 Å². The van der Waals surface area contributed by atoms with Gasteiger partial charge in [0.25, 0.3) is 5.69 Å². The number of halogens is 1. The zero-order chi connectivity index (χ0) is 15.6. The lowest BCUT2D eigenvalue weighted by Gasteiger charge is -2.07. The van der Waals surface area contributed by atoms with Gasteiger partial charge in [0.05, 0.1) is 22.8 Å². The van der Waals surface area contributed by atoms with Crippen molar-refractivity contribution in [2.75, 3.05) is 12.4 Å². The summed E-state index contributed by atoms with van der Waals surface area (Å²) >= 11 is 5.71. The van der Waals surface area contributed by atoms with E-state index in [-0.39, 0.29) is 17.3 Å². The Bertz CT molecular complexity index is 715. The van der Waals surface area contributed by atoms with Crippen molar-refractivity contribution in [2.24, 2.45) is 0 Å². The molecule has 0 bridgehead atoms. The first kappa shape index (κ1) is 14.7. The summed E-state index contributed by atoms with van der Waals surface area (Å²) in [5, 5.41) is 28.1. The van der Waals surface area contributed by atoms with Crippen LogP contribution in [0.15, 0.2) is 24.4 Å². The van der Waals surface area contributed by atoms with Crippen molar-refractivity contribution in [1.82, 2.24) is 9.78 Å². The van der Waals surface area contributed by atoms with E-state index in [0.717, 1.165) is 0 Å². The molecule has 110 valence electrons. The van der Waals surface area contributed by atoms with Crippen LogP contribution < -0.4 is 5.32 Å². The SMILES string of the molecule is CNc1ccc([N+](=O)[O-])cc1Cn1cc(Cl)c([N+](=O)[O-])n1. The minimum absolute atomic E-state index is 0.0725. The van der Waals surface area contributed by atoms with E-state index in [4.69, 9.17) is 11.6 Å². The molecule has 2 rings (SSSR count). The monoisotopic (exact) mass is 311 g/mol. The molecule has 0 aliphatic heterocycles. The zero-order valence-corrected chi connectivity index (χ0v) is 11.6. The van der Waals surface area contributed by atoms with Gasteiger partial charge >= 0.3 is 5.82 Å². The van der Waals surface area contributed by atoms with Crippen LogP contribution in [-0.4, -0.2) is 26.7 Å². The maximum Gasteiger partial charge on any atom is 0.408 e. The predicted molar refractivity (Wildman–Crippen MR) is 75.6 cm³/mol. The van der Waals surface area contributed by atoms with Crippen molar-refractivity contribution in [3.8, 4) is 0 Å². The first-order chi connectivity index (χ1) is 9.92. The van der Waals surface area contributed by atoms with Crippen LogP contribution >= 0.6 is 11.6 Å². The van der Waals surface area contributed by atoms with Gasteiger partial charge in [0.2, 0.25) is 0 Å². The fourth-order valence-corrected chi connectivity index (χ4v) is 2.05. The van der Waals surface area contributed by atoms with E-state index >= 15 is 0 Å². The number of aromatic nitrogens is 2. The van der Waals surface area contributed by atoms with Crippen LogP contribution in [0.2, 0.25) is 5.02 Å². The summed E-state index contributed by atoms with van der Waals surface area (Å²) in [6, 6.07) is 4.31. The molecule has 21 heavy (non-hydrogen) atoms. The second kappa shape index (κ2) is 5.75. The quantitative estimate of drug-likeness (QED) is 0.669. The first-order valence-electron chi connectivity index (χ1n) is 5.74. The van der Waals surface area contributed by atoms with Crippen LogP contribution in [0.3, 0.4) is 0 Å². The third-order valence-corrected chi connectivity index (χ3v) is 3.04. The number of nitro groups is 2. The Kier molecular flexibility index (Phi) is 4.03. The van der Waals surface area contributed by atoms with E-state index < -0.39 is 15.7 Å². The molecule has 10 heteroatoms. The molecule has 0 spiro atoms.